The zero-order valence-electron chi connectivity index (χ0n) is 12.9. The van der Waals surface area contributed by atoms with Crippen molar-refractivity contribution in [1.82, 2.24) is 0 Å². The molecule has 102 valence electrons. The molecule has 0 aromatic heterocycles. The maximum atomic E-state index is 3.55. The minimum atomic E-state index is 0. The second-order valence-electron chi connectivity index (χ2n) is 4.59. The molecule has 0 saturated heterocycles. The van der Waals surface area contributed by atoms with Crippen LogP contribution in [0.25, 0.3) is 5.57 Å². The van der Waals surface area contributed by atoms with Crippen molar-refractivity contribution in [3.8, 4) is 0 Å². The third-order valence-corrected chi connectivity index (χ3v) is 3.15. The van der Waals surface area contributed by atoms with Gasteiger partial charge in [-0.05, 0) is 0 Å². The molecule has 0 saturated carbocycles. The SMILES string of the molecule is CC[C-]=C(CC)C(=[C-]c1ccccc1)c1ccccc1.[Zn+2]. The normalized spacial score (nSPS) is 11.9. The second-order valence-corrected chi connectivity index (χ2v) is 4.59. The van der Waals surface area contributed by atoms with Crippen molar-refractivity contribution in [1.29, 1.82) is 0 Å². The van der Waals surface area contributed by atoms with Crippen molar-refractivity contribution in [2.75, 3.05) is 0 Å². The summed E-state index contributed by atoms with van der Waals surface area (Å²) in [5.41, 5.74) is 4.70. The molecule has 0 fully saturated rings. The number of rotatable bonds is 5. The van der Waals surface area contributed by atoms with Crippen LogP contribution in [0.15, 0.2) is 66.2 Å². The molecule has 21 heavy (non-hydrogen) atoms. The summed E-state index contributed by atoms with van der Waals surface area (Å²) in [6.45, 7) is 4.30. The average Bonchev–Trinajstić information content (AvgIpc) is 2.52. The maximum Gasteiger partial charge on any atom is 2.00 e. The van der Waals surface area contributed by atoms with Crippen molar-refractivity contribution in [3.05, 3.63) is 89.5 Å². The molecule has 0 N–H and O–H groups in total. The quantitative estimate of drug-likeness (QED) is 0.296. The molecule has 1 heteroatoms. The number of benzene rings is 2. The van der Waals surface area contributed by atoms with E-state index in [0.29, 0.717) is 0 Å². The molecule has 0 spiro atoms. The van der Waals surface area contributed by atoms with Gasteiger partial charge in [-0.15, -0.1) is 36.2 Å². The van der Waals surface area contributed by atoms with E-state index in [9.17, 15) is 0 Å². The van der Waals surface area contributed by atoms with Crippen molar-refractivity contribution in [2.45, 2.75) is 26.7 Å². The van der Waals surface area contributed by atoms with E-state index in [-0.39, 0.29) is 19.5 Å². The Hall–Kier alpha value is -1.46. The van der Waals surface area contributed by atoms with Crippen molar-refractivity contribution in [3.63, 3.8) is 0 Å². The Labute approximate surface area is 141 Å². The van der Waals surface area contributed by atoms with Crippen LogP contribution in [0.4, 0.5) is 0 Å². The van der Waals surface area contributed by atoms with Gasteiger partial charge >= 0.3 is 19.5 Å². The van der Waals surface area contributed by atoms with Crippen molar-refractivity contribution >= 4 is 5.57 Å². The van der Waals surface area contributed by atoms with Crippen LogP contribution < -0.4 is 0 Å². The van der Waals surface area contributed by atoms with Gasteiger partial charge in [0, 0.05) is 0 Å². The number of hydrogen-bond donors (Lipinski definition) is 0. The molecule has 0 bridgehead atoms. The predicted octanol–water partition coefficient (Wildman–Crippen LogP) is 5.47. The Balaban J connectivity index is 0.00000220. The smallest absolute Gasteiger partial charge is 0.313 e. The molecule has 0 aliphatic carbocycles. The molecule has 0 unspecified atom stereocenters. The summed E-state index contributed by atoms with van der Waals surface area (Å²) in [6.07, 6.45) is 8.91. The van der Waals surface area contributed by atoms with E-state index in [0.717, 1.165) is 24.0 Å². The summed E-state index contributed by atoms with van der Waals surface area (Å²) in [7, 11) is 0. The van der Waals surface area contributed by atoms with Gasteiger partial charge in [0.1, 0.15) is 0 Å². The van der Waals surface area contributed by atoms with E-state index < -0.39 is 0 Å². The Morgan fingerprint density at radius 2 is 1.43 bits per heavy atom. The number of allylic oxidation sites excluding steroid dienone is 3. The van der Waals surface area contributed by atoms with Gasteiger partial charge in [-0.2, -0.15) is 5.56 Å². The Morgan fingerprint density at radius 1 is 0.857 bits per heavy atom. The van der Waals surface area contributed by atoms with E-state index in [1.54, 1.807) is 0 Å². The van der Waals surface area contributed by atoms with Crippen LogP contribution in [0, 0.1) is 12.2 Å². The topological polar surface area (TPSA) is 0 Å². The molecule has 2 aromatic rings. The van der Waals surface area contributed by atoms with E-state index in [1.165, 1.54) is 11.1 Å². The molecule has 0 aliphatic rings. The molecule has 0 heterocycles. The van der Waals surface area contributed by atoms with Crippen LogP contribution in [0.2, 0.25) is 0 Å². The van der Waals surface area contributed by atoms with Crippen LogP contribution in [0.1, 0.15) is 37.8 Å². The standard InChI is InChI=1S/C20H20.Zn/c1-3-11-18(4-2)20(19-14-9-6-10-15-19)16-17-12-7-5-8-13-17;/h5-10,12-15H,3-4H2,1-2H3;/q-2;+2. The van der Waals surface area contributed by atoms with Crippen LogP contribution >= 0.6 is 0 Å². The molecule has 0 radical (unpaired) electrons. The molecular formula is C20H20Zn. The van der Waals surface area contributed by atoms with Crippen LogP contribution in [0.3, 0.4) is 0 Å². The fourth-order valence-electron chi connectivity index (χ4n) is 2.20. The Morgan fingerprint density at radius 3 is 1.95 bits per heavy atom. The molecule has 0 atom stereocenters. The molecular weight excluding hydrogens is 306 g/mol. The van der Waals surface area contributed by atoms with Gasteiger partial charge in [-0.3, -0.25) is 11.1 Å². The zero-order valence-corrected chi connectivity index (χ0v) is 15.9. The summed E-state index contributed by atoms with van der Waals surface area (Å²) in [5.74, 6) is 0. The first kappa shape index (κ1) is 17.6. The summed E-state index contributed by atoms with van der Waals surface area (Å²) in [5, 5.41) is 0. The summed E-state index contributed by atoms with van der Waals surface area (Å²) in [6, 6.07) is 20.8. The first-order chi connectivity index (χ1) is 9.85. The van der Waals surface area contributed by atoms with Crippen LogP contribution in [-0.4, -0.2) is 0 Å². The van der Waals surface area contributed by atoms with Crippen molar-refractivity contribution in [2.24, 2.45) is 0 Å². The van der Waals surface area contributed by atoms with Crippen molar-refractivity contribution < 1.29 is 19.5 Å². The van der Waals surface area contributed by atoms with Gasteiger partial charge in [0.25, 0.3) is 0 Å². The zero-order chi connectivity index (χ0) is 14.2. The molecule has 2 rings (SSSR count). The summed E-state index contributed by atoms with van der Waals surface area (Å²) in [4.78, 5) is 0. The predicted molar refractivity (Wildman–Crippen MR) is 86.0 cm³/mol. The molecule has 0 amide bonds. The Kier molecular flexibility index (Phi) is 7.94. The number of hydrogen-bond acceptors (Lipinski definition) is 0. The molecule has 2 aromatic carbocycles. The minimum absolute atomic E-state index is 0. The van der Waals surface area contributed by atoms with E-state index >= 15 is 0 Å². The van der Waals surface area contributed by atoms with Gasteiger partial charge in [0.05, 0.1) is 0 Å². The van der Waals surface area contributed by atoms with Crippen LogP contribution in [-0.2, 0) is 19.5 Å². The Bertz CT molecular complexity index is 580. The summed E-state index contributed by atoms with van der Waals surface area (Å²) >= 11 is 0. The van der Waals surface area contributed by atoms with Gasteiger partial charge in [0.15, 0.2) is 0 Å². The largest absolute Gasteiger partial charge is 2.00 e. The monoisotopic (exact) mass is 324 g/mol. The molecule has 0 aliphatic heterocycles. The third kappa shape index (κ3) is 5.10. The van der Waals surface area contributed by atoms with E-state index in [4.69, 9.17) is 0 Å². The average molecular weight is 326 g/mol. The molecule has 0 nitrogen and oxygen atoms in total. The fraction of sp³-hybridized carbons (Fsp3) is 0.200. The van der Waals surface area contributed by atoms with E-state index in [1.807, 2.05) is 24.3 Å². The first-order valence-corrected chi connectivity index (χ1v) is 7.19. The van der Waals surface area contributed by atoms with Gasteiger partial charge in [-0.1, -0.05) is 56.7 Å². The van der Waals surface area contributed by atoms with Crippen LogP contribution in [0.5, 0.6) is 0 Å². The maximum absolute atomic E-state index is 3.55. The van der Waals surface area contributed by atoms with Gasteiger partial charge < -0.3 is 6.08 Å². The second kappa shape index (κ2) is 9.47. The van der Waals surface area contributed by atoms with Gasteiger partial charge in [-0.25, -0.2) is 6.08 Å². The van der Waals surface area contributed by atoms with E-state index in [2.05, 4.69) is 62.4 Å². The fourth-order valence-corrected chi connectivity index (χ4v) is 2.20. The third-order valence-electron chi connectivity index (χ3n) is 3.15. The summed E-state index contributed by atoms with van der Waals surface area (Å²) < 4.78 is 0. The van der Waals surface area contributed by atoms with Gasteiger partial charge in [0.2, 0.25) is 0 Å². The first-order valence-electron chi connectivity index (χ1n) is 7.19. The minimum Gasteiger partial charge on any atom is -0.313 e.